The molecule has 1 fully saturated rings. The van der Waals surface area contributed by atoms with Gasteiger partial charge in [0.25, 0.3) is 5.91 Å². The van der Waals surface area contributed by atoms with E-state index in [1.807, 2.05) is 12.1 Å². The average Bonchev–Trinajstić information content (AvgIpc) is 3.24. The summed E-state index contributed by atoms with van der Waals surface area (Å²) in [5.41, 5.74) is 4.21. The fraction of sp³-hybridized carbons (Fsp3) is 0.273. The standard InChI is InChI=1S/C22H21N3O3/c1-28-15-8-6-14(7-9-15)25-21(26)12-20(22(25)27)24-11-10-19-17(13-24)16-4-2-3-5-18(16)23-19/h2-9,20,23H,10-13H2,1H3. The van der Waals surface area contributed by atoms with E-state index < -0.39 is 6.04 Å². The molecule has 1 saturated heterocycles. The topological polar surface area (TPSA) is 65.6 Å². The van der Waals surface area contributed by atoms with Crippen LogP contribution in [-0.4, -0.2) is 41.4 Å². The zero-order valence-corrected chi connectivity index (χ0v) is 15.6. The van der Waals surface area contributed by atoms with Crippen molar-refractivity contribution in [3.8, 4) is 5.75 Å². The van der Waals surface area contributed by atoms with Crippen molar-refractivity contribution in [2.24, 2.45) is 0 Å². The van der Waals surface area contributed by atoms with Gasteiger partial charge in [-0.05, 0) is 35.9 Å². The molecule has 0 bridgehead atoms. The summed E-state index contributed by atoms with van der Waals surface area (Å²) in [7, 11) is 1.59. The van der Waals surface area contributed by atoms with Crippen LogP contribution < -0.4 is 9.64 Å². The summed E-state index contributed by atoms with van der Waals surface area (Å²) in [5, 5.41) is 1.20. The highest BCUT2D eigenvalue weighted by Crippen LogP contribution is 2.32. The minimum absolute atomic E-state index is 0.140. The van der Waals surface area contributed by atoms with E-state index in [2.05, 4.69) is 22.0 Å². The summed E-state index contributed by atoms with van der Waals surface area (Å²) in [4.78, 5) is 32.7. The van der Waals surface area contributed by atoms with Crippen molar-refractivity contribution in [2.75, 3.05) is 18.6 Å². The first-order chi connectivity index (χ1) is 13.7. The Morgan fingerprint density at radius 3 is 2.64 bits per heavy atom. The number of rotatable bonds is 3. The van der Waals surface area contributed by atoms with Crippen molar-refractivity contribution in [2.45, 2.75) is 25.4 Å². The number of hydrogen-bond acceptors (Lipinski definition) is 4. The van der Waals surface area contributed by atoms with Gasteiger partial charge < -0.3 is 9.72 Å². The number of methoxy groups -OCH3 is 1. The third-order valence-corrected chi connectivity index (χ3v) is 5.81. The number of H-pyrrole nitrogens is 1. The second-order valence-electron chi connectivity index (χ2n) is 7.33. The minimum atomic E-state index is -0.406. The molecule has 1 unspecified atom stereocenters. The van der Waals surface area contributed by atoms with Crippen molar-refractivity contribution in [3.05, 3.63) is 59.8 Å². The molecule has 142 valence electrons. The molecule has 2 aliphatic rings. The molecule has 0 aliphatic carbocycles. The summed E-state index contributed by atoms with van der Waals surface area (Å²) in [6, 6.07) is 14.9. The van der Waals surface area contributed by atoms with Crippen LogP contribution in [0, 0.1) is 0 Å². The molecule has 28 heavy (non-hydrogen) atoms. The molecule has 3 heterocycles. The molecule has 0 saturated carbocycles. The zero-order valence-electron chi connectivity index (χ0n) is 15.6. The van der Waals surface area contributed by atoms with Gasteiger partial charge in [-0.25, -0.2) is 4.90 Å². The van der Waals surface area contributed by atoms with E-state index in [0.29, 0.717) is 18.0 Å². The van der Waals surface area contributed by atoms with Gasteiger partial charge in [0.2, 0.25) is 5.91 Å². The summed E-state index contributed by atoms with van der Waals surface area (Å²) in [5.74, 6) is 0.408. The molecule has 6 nitrogen and oxygen atoms in total. The smallest absolute Gasteiger partial charge is 0.251 e. The van der Waals surface area contributed by atoms with Crippen LogP contribution in [0.3, 0.4) is 0 Å². The second kappa shape index (κ2) is 6.49. The molecule has 2 aliphatic heterocycles. The Hall–Kier alpha value is -3.12. The number of nitrogens with one attached hydrogen (secondary N) is 1. The van der Waals surface area contributed by atoms with Crippen LogP contribution in [-0.2, 0) is 22.6 Å². The van der Waals surface area contributed by atoms with E-state index in [1.165, 1.54) is 21.5 Å². The number of benzene rings is 2. The molecule has 1 N–H and O–H groups in total. The SMILES string of the molecule is COc1ccc(N2C(=O)CC(N3CCc4[nH]c5ccccc5c4C3)C2=O)cc1. The van der Waals surface area contributed by atoms with E-state index >= 15 is 0 Å². The molecule has 0 radical (unpaired) electrons. The van der Waals surface area contributed by atoms with Gasteiger partial charge in [-0.15, -0.1) is 0 Å². The lowest BCUT2D eigenvalue weighted by Crippen LogP contribution is -2.44. The number of amides is 2. The van der Waals surface area contributed by atoms with Crippen molar-refractivity contribution in [3.63, 3.8) is 0 Å². The van der Waals surface area contributed by atoms with E-state index in [1.54, 1.807) is 31.4 Å². The minimum Gasteiger partial charge on any atom is -0.497 e. The van der Waals surface area contributed by atoms with Gasteiger partial charge in [0, 0.05) is 36.1 Å². The van der Waals surface area contributed by atoms with E-state index in [9.17, 15) is 9.59 Å². The van der Waals surface area contributed by atoms with E-state index in [4.69, 9.17) is 4.74 Å². The molecule has 1 aromatic heterocycles. The average molecular weight is 375 g/mol. The fourth-order valence-electron chi connectivity index (χ4n) is 4.36. The van der Waals surface area contributed by atoms with Crippen molar-refractivity contribution in [1.29, 1.82) is 0 Å². The second-order valence-corrected chi connectivity index (χ2v) is 7.33. The van der Waals surface area contributed by atoms with Gasteiger partial charge >= 0.3 is 0 Å². The molecule has 2 aromatic carbocycles. The Balaban J connectivity index is 1.41. The first-order valence-corrected chi connectivity index (χ1v) is 9.49. The molecular weight excluding hydrogens is 354 g/mol. The summed E-state index contributed by atoms with van der Waals surface area (Å²) < 4.78 is 5.16. The number of anilines is 1. The van der Waals surface area contributed by atoms with Crippen LogP contribution in [0.2, 0.25) is 0 Å². The predicted molar refractivity (Wildman–Crippen MR) is 106 cm³/mol. The Morgan fingerprint density at radius 2 is 1.86 bits per heavy atom. The Morgan fingerprint density at radius 1 is 1.07 bits per heavy atom. The van der Waals surface area contributed by atoms with E-state index in [-0.39, 0.29) is 18.2 Å². The van der Waals surface area contributed by atoms with Gasteiger partial charge in [-0.2, -0.15) is 0 Å². The first-order valence-electron chi connectivity index (χ1n) is 9.49. The first kappa shape index (κ1) is 17.0. The molecule has 0 spiro atoms. The third-order valence-electron chi connectivity index (χ3n) is 5.81. The lowest BCUT2D eigenvalue weighted by atomic mass is 10.0. The summed E-state index contributed by atoms with van der Waals surface area (Å²) in [6.45, 7) is 1.44. The monoisotopic (exact) mass is 375 g/mol. The van der Waals surface area contributed by atoms with Gasteiger partial charge in [-0.3, -0.25) is 14.5 Å². The highest BCUT2D eigenvalue weighted by atomic mass is 16.5. The van der Waals surface area contributed by atoms with Crippen molar-refractivity contribution in [1.82, 2.24) is 9.88 Å². The predicted octanol–water partition coefficient (Wildman–Crippen LogP) is 2.87. The molecule has 2 amide bonds. The third kappa shape index (κ3) is 2.60. The number of nitrogens with zero attached hydrogens (tertiary/aromatic N) is 2. The molecular formula is C22H21N3O3. The maximum absolute atomic E-state index is 13.1. The van der Waals surface area contributed by atoms with Gasteiger partial charge in [0.15, 0.2) is 0 Å². The van der Waals surface area contributed by atoms with Crippen LogP contribution in [0.1, 0.15) is 17.7 Å². The molecule has 1 atom stereocenters. The van der Waals surface area contributed by atoms with Gasteiger partial charge in [0.05, 0.1) is 25.3 Å². The Bertz CT molecular complexity index is 1070. The summed E-state index contributed by atoms with van der Waals surface area (Å²) in [6.07, 6.45) is 1.08. The maximum Gasteiger partial charge on any atom is 0.251 e. The lowest BCUT2D eigenvalue weighted by Gasteiger charge is -2.31. The maximum atomic E-state index is 13.1. The Kier molecular flexibility index (Phi) is 3.94. The number of hydrogen-bond donors (Lipinski definition) is 1. The van der Waals surface area contributed by atoms with Crippen molar-refractivity contribution >= 4 is 28.4 Å². The van der Waals surface area contributed by atoms with E-state index in [0.717, 1.165) is 18.5 Å². The zero-order chi connectivity index (χ0) is 19.3. The number of carbonyl (C=O) groups excluding carboxylic acids is 2. The van der Waals surface area contributed by atoms with Gasteiger partial charge in [-0.1, -0.05) is 18.2 Å². The number of fused-ring (bicyclic) bond motifs is 3. The van der Waals surface area contributed by atoms with Crippen LogP contribution in [0.25, 0.3) is 10.9 Å². The molecule has 6 heteroatoms. The number of para-hydroxylation sites is 1. The van der Waals surface area contributed by atoms with Crippen LogP contribution >= 0.6 is 0 Å². The molecule has 3 aromatic rings. The highest BCUT2D eigenvalue weighted by molar-refractivity contribution is 6.22. The fourth-order valence-corrected chi connectivity index (χ4v) is 4.36. The number of aromatic amines is 1. The normalized spacial score (nSPS) is 20.0. The number of carbonyl (C=O) groups is 2. The quantitative estimate of drug-likeness (QED) is 0.715. The highest BCUT2D eigenvalue weighted by Gasteiger charge is 2.43. The molecule has 5 rings (SSSR count). The van der Waals surface area contributed by atoms with Crippen LogP contribution in [0.15, 0.2) is 48.5 Å². The number of ether oxygens (including phenoxy) is 1. The van der Waals surface area contributed by atoms with Crippen LogP contribution in [0.4, 0.5) is 5.69 Å². The van der Waals surface area contributed by atoms with Crippen LogP contribution in [0.5, 0.6) is 5.75 Å². The van der Waals surface area contributed by atoms with Gasteiger partial charge in [0.1, 0.15) is 5.75 Å². The summed E-state index contributed by atoms with van der Waals surface area (Å²) >= 11 is 0. The Labute approximate surface area is 162 Å². The number of imide groups is 1. The largest absolute Gasteiger partial charge is 0.497 e. The number of aromatic nitrogens is 1. The van der Waals surface area contributed by atoms with Crippen molar-refractivity contribution < 1.29 is 14.3 Å². The lowest BCUT2D eigenvalue weighted by molar-refractivity contribution is -0.123.